The van der Waals surface area contributed by atoms with Crippen molar-refractivity contribution in [3.8, 4) is 0 Å². The molecule has 1 heterocycles. The van der Waals surface area contributed by atoms with Crippen LogP contribution in [0.4, 0.5) is 5.69 Å². The average molecular weight is 238 g/mol. The number of hydrogen-bond donors (Lipinski definition) is 1. The summed E-state index contributed by atoms with van der Waals surface area (Å²) >= 11 is 6.23. The highest BCUT2D eigenvalue weighted by molar-refractivity contribution is 6.33. The quantitative estimate of drug-likeness (QED) is 0.799. The summed E-state index contributed by atoms with van der Waals surface area (Å²) in [7, 11) is 0. The lowest BCUT2D eigenvalue weighted by Crippen LogP contribution is -2.26. The van der Waals surface area contributed by atoms with E-state index in [4.69, 9.17) is 11.6 Å². The van der Waals surface area contributed by atoms with Gasteiger partial charge < -0.3 is 10.0 Å². The number of benzene rings is 1. The van der Waals surface area contributed by atoms with Gasteiger partial charge in [-0.3, -0.25) is 0 Å². The van der Waals surface area contributed by atoms with Crippen molar-refractivity contribution in [3.63, 3.8) is 0 Å². The van der Waals surface area contributed by atoms with Gasteiger partial charge in [0.15, 0.2) is 0 Å². The van der Waals surface area contributed by atoms with Crippen molar-refractivity contribution in [2.45, 2.75) is 19.4 Å². The number of hydrogen-bond acceptors (Lipinski definition) is 2. The molecule has 1 aliphatic rings. The first-order valence-electron chi connectivity index (χ1n) is 5.56. The Morgan fingerprint density at radius 2 is 2.19 bits per heavy atom. The molecule has 0 fully saturated rings. The molecule has 0 aliphatic carbocycles. The van der Waals surface area contributed by atoms with Crippen LogP contribution in [0.5, 0.6) is 0 Å². The van der Waals surface area contributed by atoms with Crippen LogP contribution in [0.2, 0.25) is 5.02 Å². The SMILES string of the molecule is C[C@@H](O)c1ccc(N2CC=CCC2)c(Cl)c1. The maximum absolute atomic E-state index is 9.47. The third-order valence-corrected chi connectivity index (χ3v) is 3.16. The van der Waals surface area contributed by atoms with E-state index in [9.17, 15) is 5.11 Å². The molecule has 16 heavy (non-hydrogen) atoms. The van der Waals surface area contributed by atoms with E-state index in [1.54, 1.807) is 6.92 Å². The number of aliphatic hydroxyl groups excluding tert-OH is 1. The van der Waals surface area contributed by atoms with E-state index in [0.717, 1.165) is 30.8 Å². The molecule has 1 aliphatic heterocycles. The Balaban J connectivity index is 2.25. The number of aliphatic hydroxyl groups is 1. The van der Waals surface area contributed by atoms with Crippen molar-refractivity contribution in [2.24, 2.45) is 0 Å². The second-order valence-corrected chi connectivity index (χ2v) is 4.50. The van der Waals surface area contributed by atoms with E-state index in [2.05, 4.69) is 17.1 Å². The molecule has 0 unspecified atom stereocenters. The van der Waals surface area contributed by atoms with Crippen LogP contribution in [-0.2, 0) is 0 Å². The first-order chi connectivity index (χ1) is 7.68. The first-order valence-corrected chi connectivity index (χ1v) is 5.94. The van der Waals surface area contributed by atoms with E-state index in [-0.39, 0.29) is 0 Å². The molecule has 2 nitrogen and oxygen atoms in total. The molecule has 2 rings (SSSR count). The average Bonchev–Trinajstić information content (AvgIpc) is 2.30. The molecular formula is C13H16ClNO. The van der Waals surface area contributed by atoms with Crippen molar-refractivity contribution in [1.82, 2.24) is 0 Å². The maximum atomic E-state index is 9.47. The summed E-state index contributed by atoms with van der Waals surface area (Å²) in [5, 5.41) is 10.2. The lowest BCUT2D eigenvalue weighted by Gasteiger charge is -2.26. The largest absolute Gasteiger partial charge is 0.389 e. The van der Waals surface area contributed by atoms with E-state index in [0.29, 0.717) is 5.02 Å². The first kappa shape index (κ1) is 11.5. The zero-order valence-corrected chi connectivity index (χ0v) is 10.1. The van der Waals surface area contributed by atoms with Crippen molar-refractivity contribution in [1.29, 1.82) is 0 Å². The summed E-state index contributed by atoms with van der Waals surface area (Å²) in [6.07, 6.45) is 4.94. The molecule has 1 N–H and O–H groups in total. The van der Waals surface area contributed by atoms with Gasteiger partial charge in [0.25, 0.3) is 0 Å². The molecule has 0 saturated carbocycles. The molecule has 0 radical (unpaired) electrons. The molecule has 3 heteroatoms. The monoisotopic (exact) mass is 237 g/mol. The Hall–Kier alpha value is -0.990. The second-order valence-electron chi connectivity index (χ2n) is 4.09. The zero-order valence-electron chi connectivity index (χ0n) is 9.36. The topological polar surface area (TPSA) is 23.5 Å². The minimum absolute atomic E-state index is 0.465. The van der Waals surface area contributed by atoms with Crippen LogP contribution in [-0.4, -0.2) is 18.2 Å². The minimum atomic E-state index is -0.465. The summed E-state index contributed by atoms with van der Waals surface area (Å²) in [5.41, 5.74) is 1.91. The predicted molar refractivity (Wildman–Crippen MR) is 68.1 cm³/mol. The molecule has 86 valence electrons. The Morgan fingerprint density at radius 1 is 1.38 bits per heavy atom. The number of halogens is 1. The van der Waals surface area contributed by atoms with Gasteiger partial charge in [-0.05, 0) is 31.0 Å². The Kier molecular flexibility index (Phi) is 3.52. The summed E-state index contributed by atoms with van der Waals surface area (Å²) in [6.45, 7) is 3.66. The molecular weight excluding hydrogens is 222 g/mol. The van der Waals surface area contributed by atoms with Gasteiger partial charge >= 0.3 is 0 Å². The summed E-state index contributed by atoms with van der Waals surface area (Å²) in [6, 6.07) is 5.77. The highest BCUT2D eigenvalue weighted by Crippen LogP contribution is 2.29. The number of anilines is 1. The second kappa shape index (κ2) is 4.89. The van der Waals surface area contributed by atoms with Crippen LogP contribution < -0.4 is 4.90 Å². The van der Waals surface area contributed by atoms with Crippen molar-refractivity contribution in [3.05, 3.63) is 40.9 Å². The van der Waals surface area contributed by atoms with E-state index in [1.165, 1.54) is 0 Å². The molecule has 0 spiro atoms. The molecule has 0 saturated heterocycles. The van der Waals surface area contributed by atoms with Gasteiger partial charge in [0.05, 0.1) is 16.8 Å². The third kappa shape index (κ3) is 2.39. The zero-order chi connectivity index (χ0) is 11.5. The highest BCUT2D eigenvalue weighted by atomic mass is 35.5. The molecule has 1 aromatic carbocycles. The van der Waals surface area contributed by atoms with Crippen molar-refractivity contribution >= 4 is 17.3 Å². The van der Waals surface area contributed by atoms with E-state index < -0.39 is 6.10 Å². The van der Waals surface area contributed by atoms with Crippen LogP contribution in [0.1, 0.15) is 25.0 Å². The van der Waals surface area contributed by atoms with Crippen LogP contribution >= 0.6 is 11.6 Å². The highest BCUT2D eigenvalue weighted by Gasteiger charge is 2.12. The number of nitrogens with zero attached hydrogens (tertiary/aromatic N) is 1. The summed E-state index contributed by atoms with van der Waals surface area (Å²) in [4.78, 5) is 2.24. The Morgan fingerprint density at radius 3 is 2.75 bits per heavy atom. The lowest BCUT2D eigenvalue weighted by molar-refractivity contribution is 0.199. The summed E-state index contributed by atoms with van der Waals surface area (Å²) in [5.74, 6) is 0. The normalized spacial score (nSPS) is 17.6. The smallest absolute Gasteiger partial charge is 0.0762 e. The van der Waals surface area contributed by atoms with Gasteiger partial charge in [-0.1, -0.05) is 29.8 Å². The third-order valence-electron chi connectivity index (χ3n) is 2.85. The van der Waals surface area contributed by atoms with Crippen molar-refractivity contribution in [2.75, 3.05) is 18.0 Å². The molecule has 0 amide bonds. The fourth-order valence-corrected chi connectivity index (χ4v) is 2.21. The standard InChI is InChI=1S/C13H16ClNO/c1-10(16)11-5-6-13(12(14)9-11)15-7-3-2-4-8-15/h2-3,5-6,9-10,16H,4,7-8H2,1H3/t10-/m1/s1. The number of rotatable bonds is 2. The minimum Gasteiger partial charge on any atom is -0.389 e. The fraction of sp³-hybridized carbons (Fsp3) is 0.385. The summed E-state index contributed by atoms with van der Waals surface area (Å²) < 4.78 is 0. The molecule has 0 bridgehead atoms. The maximum Gasteiger partial charge on any atom is 0.0762 e. The van der Waals surface area contributed by atoms with Gasteiger partial charge in [-0.15, -0.1) is 0 Å². The lowest BCUT2D eigenvalue weighted by atomic mass is 10.1. The Bertz CT molecular complexity index is 401. The molecule has 1 atom stereocenters. The van der Waals surface area contributed by atoms with Crippen LogP contribution in [0.25, 0.3) is 0 Å². The molecule has 1 aromatic rings. The predicted octanol–water partition coefficient (Wildman–Crippen LogP) is 3.16. The van der Waals surface area contributed by atoms with Gasteiger partial charge in [0.2, 0.25) is 0 Å². The van der Waals surface area contributed by atoms with Gasteiger partial charge in [0, 0.05) is 13.1 Å². The van der Waals surface area contributed by atoms with E-state index in [1.807, 2.05) is 18.2 Å². The van der Waals surface area contributed by atoms with Crippen LogP contribution in [0.3, 0.4) is 0 Å². The van der Waals surface area contributed by atoms with Crippen LogP contribution in [0, 0.1) is 0 Å². The fourth-order valence-electron chi connectivity index (χ4n) is 1.90. The van der Waals surface area contributed by atoms with Crippen LogP contribution in [0.15, 0.2) is 30.4 Å². The Labute approximate surface area is 101 Å². The van der Waals surface area contributed by atoms with Gasteiger partial charge in [-0.25, -0.2) is 0 Å². The molecule has 0 aromatic heterocycles. The van der Waals surface area contributed by atoms with Gasteiger partial charge in [-0.2, -0.15) is 0 Å². The van der Waals surface area contributed by atoms with E-state index >= 15 is 0 Å². The van der Waals surface area contributed by atoms with Gasteiger partial charge in [0.1, 0.15) is 0 Å². The van der Waals surface area contributed by atoms with Crippen molar-refractivity contribution < 1.29 is 5.11 Å².